The molecule has 0 spiro atoms. The molecule has 2 saturated heterocycles. The molecule has 2 aliphatic rings. The number of phosphoric acid groups is 1. The Morgan fingerprint density at radius 2 is 1.64 bits per heavy atom. The minimum Gasteiger partial charge on any atom is -0.394 e. The molecule has 42 heavy (non-hydrogen) atoms. The molecule has 2 aliphatic heterocycles. The zero-order valence-electron chi connectivity index (χ0n) is 21.2. The molecular weight excluding hydrogens is 587 g/mol. The number of imidazole rings is 2. The molecule has 22 heteroatoms. The number of aliphatic hydroxyl groups is 4. The lowest BCUT2D eigenvalue weighted by molar-refractivity contribution is -0.0615. The summed E-state index contributed by atoms with van der Waals surface area (Å²) in [5.74, 6) is -0.171. The summed E-state index contributed by atoms with van der Waals surface area (Å²) in [6.07, 6.45) is -8.05. The summed E-state index contributed by atoms with van der Waals surface area (Å²) in [4.78, 5) is 44.9. The second-order valence-corrected chi connectivity index (χ2v) is 10.9. The summed E-state index contributed by atoms with van der Waals surface area (Å²) >= 11 is 0. The molecule has 9 atom stereocenters. The molecule has 4 aromatic rings. The van der Waals surface area contributed by atoms with Gasteiger partial charge in [-0.2, -0.15) is 4.98 Å². The molecule has 0 aromatic carbocycles. The van der Waals surface area contributed by atoms with Gasteiger partial charge in [0.05, 0.1) is 25.9 Å². The van der Waals surface area contributed by atoms with Crippen molar-refractivity contribution in [3.8, 4) is 0 Å². The Balaban J connectivity index is 1.19. The number of phosphoric ester groups is 1. The predicted octanol–water partition coefficient (Wildman–Crippen LogP) is -3.50. The lowest BCUT2D eigenvalue weighted by Crippen LogP contribution is -2.36. The van der Waals surface area contributed by atoms with E-state index in [1.165, 1.54) is 17.2 Å². The van der Waals surface area contributed by atoms with Crippen LogP contribution < -0.4 is 17.0 Å². The van der Waals surface area contributed by atoms with E-state index >= 15 is 0 Å². The number of nitrogen functional groups attached to an aromatic ring is 2. The van der Waals surface area contributed by atoms with E-state index in [0.717, 1.165) is 10.9 Å². The van der Waals surface area contributed by atoms with E-state index in [2.05, 4.69) is 29.9 Å². The van der Waals surface area contributed by atoms with E-state index in [1.807, 2.05) is 0 Å². The van der Waals surface area contributed by atoms with Gasteiger partial charge in [-0.1, -0.05) is 0 Å². The van der Waals surface area contributed by atoms with Gasteiger partial charge in [0.25, 0.3) is 5.56 Å². The fourth-order valence-electron chi connectivity index (χ4n) is 4.84. The SMILES string of the molecule is Nc1nc2c(ncn2C2OC(CO)C(O)C2OP(=O)(O)OCC2OC(n3cnc4c(N)ncnc43)C(O)C2O)c(=O)[nH]1. The van der Waals surface area contributed by atoms with Crippen LogP contribution in [0.25, 0.3) is 22.3 Å². The minimum atomic E-state index is -5.06. The Hall–Kier alpha value is -3.63. The molecule has 226 valence electrons. The lowest BCUT2D eigenvalue weighted by atomic mass is 10.1. The molecule has 21 nitrogen and oxygen atoms in total. The maximum atomic E-state index is 13.0. The van der Waals surface area contributed by atoms with Crippen LogP contribution >= 0.6 is 7.82 Å². The molecule has 6 heterocycles. The maximum absolute atomic E-state index is 13.0. The summed E-state index contributed by atoms with van der Waals surface area (Å²) in [6.45, 7) is -1.44. The van der Waals surface area contributed by atoms with Crippen LogP contribution in [0.4, 0.5) is 11.8 Å². The van der Waals surface area contributed by atoms with Crippen molar-refractivity contribution in [1.29, 1.82) is 0 Å². The van der Waals surface area contributed by atoms with Gasteiger partial charge in [-0.15, -0.1) is 0 Å². The fourth-order valence-corrected chi connectivity index (χ4v) is 5.77. The van der Waals surface area contributed by atoms with Crippen LogP contribution in [0.5, 0.6) is 0 Å². The lowest BCUT2D eigenvalue weighted by Gasteiger charge is -2.24. The topological polar surface area (TPSA) is 314 Å². The molecular formula is C20H25N10O11P. The molecule has 0 radical (unpaired) electrons. The summed E-state index contributed by atoms with van der Waals surface area (Å²) in [6, 6.07) is 0. The first-order chi connectivity index (χ1) is 20.0. The number of hydrogen-bond acceptors (Lipinski definition) is 17. The number of aromatic nitrogens is 8. The molecule has 4 aromatic heterocycles. The van der Waals surface area contributed by atoms with Crippen LogP contribution in [-0.4, -0.2) is 114 Å². The van der Waals surface area contributed by atoms with Crippen molar-refractivity contribution < 1.29 is 48.4 Å². The molecule has 2 fully saturated rings. The number of aromatic amines is 1. The van der Waals surface area contributed by atoms with Crippen molar-refractivity contribution in [1.82, 2.24) is 39.0 Å². The van der Waals surface area contributed by atoms with Crippen LogP contribution in [0.1, 0.15) is 12.5 Å². The van der Waals surface area contributed by atoms with Crippen molar-refractivity contribution in [2.24, 2.45) is 0 Å². The quantitative estimate of drug-likeness (QED) is 0.0894. The van der Waals surface area contributed by atoms with Crippen molar-refractivity contribution in [2.45, 2.75) is 49.1 Å². The number of anilines is 2. The molecule has 0 bridgehead atoms. The number of nitrogens with one attached hydrogen (secondary N) is 1. The van der Waals surface area contributed by atoms with Gasteiger partial charge >= 0.3 is 7.82 Å². The Kier molecular flexibility index (Phi) is 7.17. The Morgan fingerprint density at radius 1 is 0.952 bits per heavy atom. The number of nitrogens with two attached hydrogens (primary N) is 2. The monoisotopic (exact) mass is 612 g/mol. The minimum absolute atomic E-state index is 0.0830. The van der Waals surface area contributed by atoms with Gasteiger partial charge in [-0.3, -0.25) is 28.0 Å². The smallest absolute Gasteiger partial charge is 0.394 e. The van der Waals surface area contributed by atoms with E-state index in [1.54, 1.807) is 0 Å². The van der Waals surface area contributed by atoms with E-state index in [0.29, 0.717) is 0 Å². The normalized spacial score (nSPS) is 31.3. The predicted molar refractivity (Wildman–Crippen MR) is 136 cm³/mol. The van der Waals surface area contributed by atoms with E-state index in [4.69, 9.17) is 30.0 Å². The second kappa shape index (κ2) is 10.6. The fraction of sp³-hybridized carbons (Fsp3) is 0.500. The van der Waals surface area contributed by atoms with Crippen LogP contribution in [0, 0.1) is 0 Å². The maximum Gasteiger partial charge on any atom is 0.472 e. The van der Waals surface area contributed by atoms with Gasteiger partial charge in [-0.25, -0.2) is 24.5 Å². The van der Waals surface area contributed by atoms with E-state index in [9.17, 15) is 34.7 Å². The van der Waals surface area contributed by atoms with Crippen molar-refractivity contribution in [2.75, 3.05) is 24.7 Å². The molecule has 0 amide bonds. The first-order valence-electron chi connectivity index (χ1n) is 12.3. The highest BCUT2D eigenvalue weighted by molar-refractivity contribution is 7.47. The third-order valence-electron chi connectivity index (χ3n) is 6.87. The number of ether oxygens (including phenoxy) is 2. The van der Waals surface area contributed by atoms with Gasteiger partial charge in [0.2, 0.25) is 5.95 Å². The Labute approximate surface area is 232 Å². The molecule has 0 aliphatic carbocycles. The van der Waals surface area contributed by atoms with Crippen molar-refractivity contribution >= 4 is 41.9 Å². The van der Waals surface area contributed by atoms with Crippen LogP contribution in [-0.2, 0) is 23.1 Å². The average molecular weight is 612 g/mol. The standard InChI is InChI=1S/C20H25N10O11P/c21-14-8-15(24-3-23-14)29(4-25-8)18-12(34)10(32)7(40-18)2-38-42(36,37)41-13-11(33)6(1-31)39-19(13)30-5-26-9-16(30)27-20(22)28-17(9)35/h3-7,10-13,18-19,31-34H,1-2H2,(H,36,37)(H2,21,23,24)(H3,22,27,28,35). The van der Waals surface area contributed by atoms with E-state index < -0.39 is 75.7 Å². The zero-order chi connectivity index (χ0) is 29.9. The number of fused-ring (bicyclic) bond motifs is 2. The van der Waals surface area contributed by atoms with Gasteiger partial charge in [0.15, 0.2) is 35.1 Å². The highest BCUT2D eigenvalue weighted by Gasteiger charge is 2.50. The van der Waals surface area contributed by atoms with Crippen LogP contribution in [0.3, 0.4) is 0 Å². The Bertz CT molecular complexity index is 1730. The average Bonchev–Trinajstić information content (AvgIpc) is 3.69. The summed E-state index contributed by atoms with van der Waals surface area (Å²) < 4.78 is 37.0. The number of H-pyrrole nitrogens is 1. The van der Waals surface area contributed by atoms with Gasteiger partial charge < -0.3 is 46.3 Å². The highest BCUT2D eigenvalue weighted by Crippen LogP contribution is 2.50. The molecule has 10 N–H and O–H groups in total. The number of nitrogens with zero attached hydrogens (tertiary/aromatic N) is 7. The third-order valence-corrected chi connectivity index (χ3v) is 7.86. The molecule has 0 saturated carbocycles. The summed E-state index contributed by atoms with van der Waals surface area (Å²) in [7, 11) is -5.06. The van der Waals surface area contributed by atoms with E-state index in [-0.39, 0.29) is 34.1 Å². The van der Waals surface area contributed by atoms with Crippen molar-refractivity contribution in [3.63, 3.8) is 0 Å². The van der Waals surface area contributed by atoms with Crippen molar-refractivity contribution in [3.05, 3.63) is 29.3 Å². The largest absolute Gasteiger partial charge is 0.472 e. The van der Waals surface area contributed by atoms with Gasteiger partial charge in [0.1, 0.15) is 48.5 Å². The Morgan fingerprint density at radius 3 is 2.38 bits per heavy atom. The zero-order valence-corrected chi connectivity index (χ0v) is 22.1. The number of rotatable bonds is 8. The number of aliphatic hydroxyl groups excluding tert-OH is 4. The second-order valence-electron chi connectivity index (χ2n) is 9.48. The van der Waals surface area contributed by atoms with Crippen LogP contribution in [0.2, 0.25) is 0 Å². The molecule has 9 unspecified atom stereocenters. The van der Waals surface area contributed by atoms with Crippen LogP contribution in [0.15, 0.2) is 23.8 Å². The number of hydrogen-bond donors (Lipinski definition) is 8. The van der Waals surface area contributed by atoms with Gasteiger partial charge in [-0.05, 0) is 0 Å². The third kappa shape index (κ3) is 4.80. The van der Waals surface area contributed by atoms with Gasteiger partial charge in [0, 0.05) is 0 Å². The summed E-state index contributed by atoms with van der Waals surface area (Å²) in [5, 5.41) is 41.5. The highest BCUT2D eigenvalue weighted by atomic mass is 31.2. The first-order valence-corrected chi connectivity index (χ1v) is 13.8. The summed E-state index contributed by atoms with van der Waals surface area (Å²) in [5.41, 5.74) is 11.0. The first kappa shape index (κ1) is 28.5. The molecule has 6 rings (SSSR count).